The SMILES string of the molecule is CN(C)CCNc1ncccc1C(=O)Nc1cccnc1. The zero-order valence-electron chi connectivity index (χ0n) is 12.2. The van der Waals surface area contributed by atoms with E-state index in [0.717, 1.165) is 13.1 Å². The lowest BCUT2D eigenvalue weighted by atomic mass is 10.2. The highest BCUT2D eigenvalue weighted by Crippen LogP contribution is 2.14. The van der Waals surface area contributed by atoms with Crippen LogP contribution in [0.15, 0.2) is 42.9 Å². The van der Waals surface area contributed by atoms with Gasteiger partial charge >= 0.3 is 0 Å². The van der Waals surface area contributed by atoms with Crippen molar-refractivity contribution in [3.8, 4) is 0 Å². The van der Waals surface area contributed by atoms with Gasteiger partial charge in [0.1, 0.15) is 5.82 Å². The predicted molar refractivity (Wildman–Crippen MR) is 83.5 cm³/mol. The molecule has 0 bridgehead atoms. The summed E-state index contributed by atoms with van der Waals surface area (Å²) in [5.74, 6) is 0.379. The van der Waals surface area contributed by atoms with Crippen molar-refractivity contribution in [2.75, 3.05) is 37.8 Å². The van der Waals surface area contributed by atoms with Gasteiger partial charge < -0.3 is 15.5 Å². The lowest BCUT2D eigenvalue weighted by molar-refractivity contribution is 0.102. The van der Waals surface area contributed by atoms with Gasteiger partial charge in [0.25, 0.3) is 5.91 Å². The third kappa shape index (κ3) is 4.54. The second kappa shape index (κ2) is 7.35. The number of carbonyl (C=O) groups excluding carboxylic acids is 1. The molecule has 0 aromatic carbocycles. The first-order chi connectivity index (χ1) is 10.2. The Kier molecular flexibility index (Phi) is 5.22. The van der Waals surface area contributed by atoms with E-state index in [4.69, 9.17) is 0 Å². The third-order valence-electron chi connectivity index (χ3n) is 2.82. The molecule has 0 radical (unpaired) electrons. The van der Waals surface area contributed by atoms with Crippen LogP contribution in [0.2, 0.25) is 0 Å². The molecule has 2 N–H and O–H groups in total. The summed E-state index contributed by atoms with van der Waals surface area (Å²) in [4.78, 5) is 22.6. The maximum Gasteiger partial charge on any atom is 0.259 e. The van der Waals surface area contributed by atoms with E-state index >= 15 is 0 Å². The molecule has 2 heterocycles. The molecule has 0 aliphatic heterocycles. The summed E-state index contributed by atoms with van der Waals surface area (Å²) in [6.45, 7) is 1.58. The fourth-order valence-electron chi connectivity index (χ4n) is 1.76. The molecule has 2 aromatic rings. The minimum absolute atomic E-state index is 0.205. The third-order valence-corrected chi connectivity index (χ3v) is 2.82. The number of likely N-dealkylation sites (N-methyl/N-ethyl adjacent to an activating group) is 1. The van der Waals surface area contributed by atoms with Crippen molar-refractivity contribution in [2.24, 2.45) is 0 Å². The second-order valence-electron chi connectivity index (χ2n) is 4.83. The average molecular weight is 285 g/mol. The Labute approximate surface area is 124 Å². The number of carbonyl (C=O) groups is 1. The van der Waals surface area contributed by atoms with E-state index in [1.807, 2.05) is 14.1 Å². The molecule has 0 aliphatic carbocycles. The fourth-order valence-corrected chi connectivity index (χ4v) is 1.76. The minimum atomic E-state index is -0.205. The first-order valence-corrected chi connectivity index (χ1v) is 6.72. The molecule has 2 aromatic heterocycles. The summed E-state index contributed by atoms with van der Waals surface area (Å²) >= 11 is 0. The van der Waals surface area contributed by atoms with E-state index in [2.05, 4.69) is 25.5 Å². The standard InChI is InChI=1S/C15H19N5O/c1-20(2)10-9-18-14-13(6-4-8-17-14)15(21)19-12-5-3-7-16-11-12/h3-8,11H,9-10H2,1-2H3,(H,17,18)(H,19,21). The minimum Gasteiger partial charge on any atom is -0.368 e. The number of pyridine rings is 2. The largest absolute Gasteiger partial charge is 0.368 e. The summed E-state index contributed by atoms with van der Waals surface area (Å²) in [6.07, 6.45) is 4.93. The molecule has 0 unspecified atom stereocenters. The molecule has 21 heavy (non-hydrogen) atoms. The van der Waals surface area contributed by atoms with Crippen LogP contribution >= 0.6 is 0 Å². The highest BCUT2D eigenvalue weighted by molar-refractivity contribution is 6.07. The maximum atomic E-state index is 12.3. The quantitative estimate of drug-likeness (QED) is 0.845. The molecule has 2 rings (SSSR count). The number of hydrogen-bond donors (Lipinski definition) is 2. The van der Waals surface area contributed by atoms with Crippen LogP contribution in [0.5, 0.6) is 0 Å². The summed E-state index contributed by atoms with van der Waals surface area (Å²) in [6, 6.07) is 7.06. The van der Waals surface area contributed by atoms with Crippen molar-refractivity contribution in [1.82, 2.24) is 14.9 Å². The normalized spacial score (nSPS) is 10.4. The molecule has 0 spiro atoms. The topological polar surface area (TPSA) is 70.2 Å². The lowest BCUT2D eigenvalue weighted by Gasteiger charge is -2.13. The zero-order chi connectivity index (χ0) is 15.1. The van der Waals surface area contributed by atoms with Crippen molar-refractivity contribution >= 4 is 17.4 Å². The summed E-state index contributed by atoms with van der Waals surface area (Å²) in [5, 5.41) is 5.99. The second-order valence-corrected chi connectivity index (χ2v) is 4.83. The van der Waals surface area contributed by atoms with E-state index < -0.39 is 0 Å². The molecule has 0 saturated heterocycles. The Balaban J connectivity index is 2.06. The van der Waals surface area contributed by atoms with Crippen molar-refractivity contribution in [3.05, 3.63) is 48.4 Å². The molecule has 110 valence electrons. The average Bonchev–Trinajstić information content (AvgIpc) is 2.48. The van der Waals surface area contributed by atoms with Crippen LogP contribution < -0.4 is 10.6 Å². The number of rotatable bonds is 6. The Bertz CT molecular complexity index is 586. The van der Waals surface area contributed by atoms with Crippen LogP contribution in [0.25, 0.3) is 0 Å². The molecule has 0 aliphatic rings. The van der Waals surface area contributed by atoms with Crippen LogP contribution in [0.1, 0.15) is 10.4 Å². The monoisotopic (exact) mass is 285 g/mol. The summed E-state index contributed by atoms with van der Waals surface area (Å²) < 4.78 is 0. The van der Waals surface area contributed by atoms with E-state index in [-0.39, 0.29) is 5.91 Å². The Morgan fingerprint density at radius 3 is 2.76 bits per heavy atom. The van der Waals surface area contributed by atoms with E-state index in [1.165, 1.54) is 0 Å². The Hall–Kier alpha value is -2.47. The first kappa shape index (κ1) is 14.9. The molecule has 1 amide bonds. The molecular weight excluding hydrogens is 266 g/mol. The van der Waals surface area contributed by atoms with Gasteiger partial charge in [0.05, 0.1) is 17.4 Å². The molecule has 6 heteroatoms. The number of nitrogens with one attached hydrogen (secondary N) is 2. The van der Waals surface area contributed by atoms with Crippen LogP contribution in [0, 0.1) is 0 Å². The van der Waals surface area contributed by atoms with Crippen LogP contribution in [-0.2, 0) is 0 Å². The van der Waals surface area contributed by atoms with Gasteiger partial charge in [-0.15, -0.1) is 0 Å². The molecular formula is C15H19N5O. The highest BCUT2D eigenvalue weighted by atomic mass is 16.1. The van der Waals surface area contributed by atoms with Gasteiger partial charge in [0.15, 0.2) is 0 Å². The molecule has 0 saturated carbocycles. The zero-order valence-corrected chi connectivity index (χ0v) is 12.2. The number of amides is 1. The lowest BCUT2D eigenvalue weighted by Crippen LogP contribution is -2.23. The molecule has 0 fully saturated rings. The fraction of sp³-hybridized carbons (Fsp3) is 0.267. The Morgan fingerprint density at radius 2 is 2.05 bits per heavy atom. The predicted octanol–water partition coefficient (Wildman–Crippen LogP) is 1.70. The van der Waals surface area contributed by atoms with Crippen molar-refractivity contribution < 1.29 is 4.79 Å². The highest BCUT2D eigenvalue weighted by Gasteiger charge is 2.12. The van der Waals surface area contributed by atoms with Gasteiger partial charge in [-0.25, -0.2) is 4.98 Å². The van der Waals surface area contributed by atoms with E-state index in [1.54, 1.807) is 42.9 Å². The van der Waals surface area contributed by atoms with Crippen LogP contribution in [0.4, 0.5) is 11.5 Å². The maximum absolute atomic E-state index is 12.3. The number of nitrogens with zero attached hydrogens (tertiary/aromatic N) is 3. The van der Waals surface area contributed by atoms with Gasteiger partial charge in [0.2, 0.25) is 0 Å². The van der Waals surface area contributed by atoms with Crippen LogP contribution in [0.3, 0.4) is 0 Å². The summed E-state index contributed by atoms with van der Waals surface area (Å²) in [7, 11) is 3.99. The molecule has 0 atom stereocenters. The number of aromatic nitrogens is 2. The van der Waals surface area contributed by atoms with Crippen molar-refractivity contribution in [3.63, 3.8) is 0 Å². The summed E-state index contributed by atoms with van der Waals surface area (Å²) in [5.41, 5.74) is 1.17. The van der Waals surface area contributed by atoms with Crippen molar-refractivity contribution in [2.45, 2.75) is 0 Å². The molecule has 6 nitrogen and oxygen atoms in total. The Morgan fingerprint density at radius 1 is 1.24 bits per heavy atom. The van der Waals surface area contributed by atoms with Gasteiger partial charge in [-0.05, 0) is 38.4 Å². The van der Waals surface area contributed by atoms with E-state index in [9.17, 15) is 4.79 Å². The van der Waals surface area contributed by atoms with Gasteiger partial charge in [0, 0.05) is 25.5 Å². The number of anilines is 2. The first-order valence-electron chi connectivity index (χ1n) is 6.72. The van der Waals surface area contributed by atoms with E-state index in [0.29, 0.717) is 17.1 Å². The van der Waals surface area contributed by atoms with Gasteiger partial charge in [-0.2, -0.15) is 0 Å². The smallest absolute Gasteiger partial charge is 0.259 e. The van der Waals surface area contributed by atoms with Gasteiger partial charge in [-0.1, -0.05) is 0 Å². The number of hydrogen-bond acceptors (Lipinski definition) is 5. The van der Waals surface area contributed by atoms with Gasteiger partial charge in [-0.3, -0.25) is 9.78 Å². The van der Waals surface area contributed by atoms with Crippen molar-refractivity contribution in [1.29, 1.82) is 0 Å². The van der Waals surface area contributed by atoms with Crippen LogP contribution in [-0.4, -0.2) is 48.0 Å².